The zero-order chi connectivity index (χ0) is 21.3. The van der Waals surface area contributed by atoms with Crippen LogP contribution in [0.1, 0.15) is 12.0 Å². The van der Waals surface area contributed by atoms with Crippen molar-refractivity contribution in [3.8, 4) is 0 Å². The number of fused-ring (bicyclic) bond motifs is 3. The van der Waals surface area contributed by atoms with Gasteiger partial charge in [0.15, 0.2) is 0 Å². The highest BCUT2D eigenvalue weighted by atomic mass is 32.1. The molecule has 4 aromatic rings. The Kier molecular flexibility index (Phi) is 5.40. The van der Waals surface area contributed by atoms with Crippen molar-refractivity contribution >= 4 is 34.8 Å². The van der Waals surface area contributed by atoms with E-state index in [2.05, 4.69) is 15.5 Å². The number of benzene rings is 2. The lowest BCUT2D eigenvalue weighted by molar-refractivity contribution is -0.120. The number of nitrogens with zero attached hydrogens (tertiary/aromatic N) is 3. The highest BCUT2D eigenvalue weighted by Crippen LogP contribution is 2.15. The largest absolute Gasteiger partial charge is 0.356 e. The predicted octanol–water partition coefficient (Wildman–Crippen LogP) is 2.73. The normalized spacial score (nSPS) is 11.3. The molecule has 0 aliphatic rings. The SMILES string of the molecule is O=C(Cc1cccc(F)c1)NCCCn1c(=O)c2cc(F)ccc2n2c(=S)[nH]nc12. The Morgan fingerprint density at radius 3 is 2.77 bits per heavy atom. The van der Waals surface area contributed by atoms with Crippen molar-refractivity contribution < 1.29 is 13.6 Å². The van der Waals surface area contributed by atoms with Gasteiger partial charge in [-0.1, -0.05) is 12.1 Å². The molecular weight excluding hydrogens is 412 g/mol. The average molecular weight is 429 g/mol. The molecule has 2 aromatic carbocycles. The van der Waals surface area contributed by atoms with Crippen molar-refractivity contribution in [1.82, 2.24) is 24.5 Å². The summed E-state index contributed by atoms with van der Waals surface area (Å²) in [6.07, 6.45) is 0.497. The highest BCUT2D eigenvalue weighted by Gasteiger charge is 2.14. The molecule has 0 atom stereocenters. The summed E-state index contributed by atoms with van der Waals surface area (Å²) in [5, 5.41) is 9.71. The quantitative estimate of drug-likeness (QED) is 0.365. The number of carbonyl (C=O) groups excluding carboxylic acids is 1. The van der Waals surface area contributed by atoms with Crippen molar-refractivity contribution in [3.05, 3.63) is 74.8 Å². The molecule has 4 rings (SSSR count). The highest BCUT2D eigenvalue weighted by molar-refractivity contribution is 7.71. The van der Waals surface area contributed by atoms with Gasteiger partial charge in [-0.2, -0.15) is 0 Å². The van der Waals surface area contributed by atoms with Crippen molar-refractivity contribution in [2.24, 2.45) is 0 Å². The Labute approximate surface area is 174 Å². The molecule has 30 heavy (non-hydrogen) atoms. The molecule has 0 saturated heterocycles. The molecule has 0 radical (unpaired) electrons. The van der Waals surface area contributed by atoms with E-state index in [1.165, 1.54) is 34.9 Å². The predicted molar refractivity (Wildman–Crippen MR) is 110 cm³/mol. The Balaban J connectivity index is 1.50. The molecule has 10 heteroatoms. The first-order valence-corrected chi connectivity index (χ1v) is 9.65. The molecule has 0 fully saturated rings. The number of nitrogens with one attached hydrogen (secondary N) is 2. The topological polar surface area (TPSA) is 84.2 Å². The molecule has 0 spiro atoms. The van der Waals surface area contributed by atoms with Crippen LogP contribution in [0.3, 0.4) is 0 Å². The van der Waals surface area contributed by atoms with E-state index in [1.54, 1.807) is 16.5 Å². The third-order valence-electron chi connectivity index (χ3n) is 4.71. The summed E-state index contributed by atoms with van der Waals surface area (Å²) in [5.41, 5.74) is 0.653. The van der Waals surface area contributed by atoms with Gasteiger partial charge >= 0.3 is 0 Å². The van der Waals surface area contributed by atoms with Crippen LogP contribution in [0.2, 0.25) is 0 Å². The van der Waals surface area contributed by atoms with Gasteiger partial charge in [-0.25, -0.2) is 13.9 Å². The molecule has 2 N–H and O–H groups in total. The summed E-state index contributed by atoms with van der Waals surface area (Å²) in [7, 11) is 0. The van der Waals surface area contributed by atoms with E-state index < -0.39 is 17.2 Å². The maximum Gasteiger partial charge on any atom is 0.262 e. The number of hydrogen-bond acceptors (Lipinski definition) is 4. The zero-order valence-electron chi connectivity index (χ0n) is 15.7. The van der Waals surface area contributed by atoms with Crippen molar-refractivity contribution in [2.45, 2.75) is 19.4 Å². The number of aromatic nitrogens is 4. The number of rotatable bonds is 6. The van der Waals surface area contributed by atoms with E-state index in [9.17, 15) is 18.4 Å². The van der Waals surface area contributed by atoms with E-state index >= 15 is 0 Å². The van der Waals surface area contributed by atoms with Crippen LogP contribution in [0, 0.1) is 16.4 Å². The maximum absolute atomic E-state index is 13.7. The first-order valence-electron chi connectivity index (χ1n) is 9.24. The van der Waals surface area contributed by atoms with Crippen LogP contribution in [0.4, 0.5) is 8.78 Å². The Morgan fingerprint density at radius 1 is 1.17 bits per heavy atom. The lowest BCUT2D eigenvalue weighted by Gasteiger charge is -2.11. The molecule has 0 saturated carbocycles. The van der Waals surface area contributed by atoms with E-state index in [0.29, 0.717) is 34.6 Å². The standard InChI is InChI=1S/C20H17F2N5O2S/c21-13-4-1-3-12(9-13)10-17(28)23-7-2-8-26-18(29)15-11-14(22)5-6-16(15)27-19(26)24-25-20(27)30/h1,3-6,9,11H,2,7-8,10H2,(H,23,28)(H,25,30). The Morgan fingerprint density at radius 2 is 1.97 bits per heavy atom. The summed E-state index contributed by atoms with van der Waals surface area (Å²) in [6.45, 7) is 0.549. The van der Waals surface area contributed by atoms with Gasteiger partial charge < -0.3 is 5.32 Å². The van der Waals surface area contributed by atoms with E-state index in [4.69, 9.17) is 12.2 Å². The van der Waals surface area contributed by atoms with Gasteiger partial charge in [0.1, 0.15) is 11.6 Å². The molecule has 154 valence electrons. The fourth-order valence-corrected chi connectivity index (χ4v) is 3.58. The van der Waals surface area contributed by atoms with Crippen LogP contribution in [0.5, 0.6) is 0 Å². The second-order valence-electron chi connectivity index (χ2n) is 6.79. The monoisotopic (exact) mass is 429 g/mol. The second kappa shape index (κ2) is 8.15. The smallest absolute Gasteiger partial charge is 0.262 e. The first-order chi connectivity index (χ1) is 14.4. The minimum Gasteiger partial charge on any atom is -0.356 e. The van der Waals surface area contributed by atoms with Gasteiger partial charge in [0.25, 0.3) is 5.56 Å². The summed E-state index contributed by atoms with van der Waals surface area (Å²) in [5.74, 6) is -0.852. The van der Waals surface area contributed by atoms with Gasteiger partial charge in [0, 0.05) is 13.1 Å². The van der Waals surface area contributed by atoms with Crippen LogP contribution in [0.25, 0.3) is 16.7 Å². The Hall–Kier alpha value is -3.40. The molecule has 2 heterocycles. The lowest BCUT2D eigenvalue weighted by atomic mass is 10.1. The number of amides is 1. The third-order valence-corrected chi connectivity index (χ3v) is 4.98. The minimum absolute atomic E-state index is 0.0612. The van der Waals surface area contributed by atoms with Gasteiger partial charge in [-0.05, 0) is 54.5 Å². The van der Waals surface area contributed by atoms with E-state index in [1.807, 2.05) is 0 Å². The molecule has 0 aliphatic carbocycles. The van der Waals surface area contributed by atoms with Gasteiger partial charge in [0.05, 0.1) is 17.3 Å². The summed E-state index contributed by atoms with van der Waals surface area (Å²) < 4.78 is 30.2. The van der Waals surface area contributed by atoms with E-state index in [-0.39, 0.29) is 24.3 Å². The number of aromatic amines is 1. The van der Waals surface area contributed by atoms with Gasteiger partial charge in [-0.3, -0.25) is 18.6 Å². The van der Waals surface area contributed by atoms with Crippen LogP contribution < -0.4 is 10.9 Å². The third kappa shape index (κ3) is 3.86. The van der Waals surface area contributed by atoms with Gasteiger partial charge in [0.2, 0.25) is 16.5 Å². The van der Waals surface area contributed by atoms with Crippen LogP contribution in [-0.4, -0.2) is 31.6 Å². The summed E-state index contributed by atoms with van der Waals surface area (Å²) >= 11 is 5.24. The number of halogens is 2. The summed E-state index contributed by atoms with van der Waals surface area (Å²) in [6, 6.07) is 9.77. The van der Waals surface area contributed by atoms with Crippen molar-refractivity contribution in [3.63, 3.8) is 0 Å². The minimum atomic E-state index is -0.523. The van der Waals surface area contributed by atoms with Crippen LogP contribution >= 0.6 is 12.2 Å². The average Bonchev–Trinajstić information content (AvgIpc) is 3.09. The zero-order valence-corrected chi connectivity index (χ0v) is 16.5. The molecule has 1 amide bonds. The second-order valence-corrected chi connectivity index (χ2v) is 7.18. The number of aryl methyl sites for hydroxylation is 1. The van der Waals surface area contributed by atoms with Crippen LogP contribution in [0.15, 0.2) is 47.3 Å². The molecule has 0 aliphatic heterocycles. The molecule has 0 bridgehead atoms. The van der Waals surface area contributed by atoms with Gasteiger partial charge in [-0.15, -0.1) is 5.10 Å². The maximum atomic E-state index is 13.7. The van der Waals surface area contributed by atoms with Crippen LogP contribution in [-0.2, 0) is 17.8 Å². The summed E-state index contributed by atoms with van der Waals surface area (Å²) in [4.78, 5) is 24.9. The fraction of sp³-hybridized carbons (Fsp3) is 0.200. The fourth-order valence-electron chi connectivity index (χ4n) is 3.36. The number of carbonyl (C=O) groups is 1. The molecule has 2 aromatic heterocycles. The van der Waals surface area contributed by atoms with Crippen molar-refractivity contribution in [1.29, 1.82) is 0 Å². The molecule has 0 unspecified atom stereocenters. The first kappa shape index (κ1) is 19.9. The van der Waals surface area contributed by atoms with E-state index in [0.717, 1.165) is 0 Å². The number of hydrogen-bond donors (Lipinski definition) is 2. The number of H-pyrrole nitrogens is 1. The lowest BCUT2D eigenvalue weighted by Crippen LogP contribution is -2.29. The molecule has 7 nitrogen and oxygen atoms in total. The van der Waals surface area contributed by atoms with Crippen molar-refractivity contribution in [2.75, 3.05) is 6.54 Å². The Bertz CT molecular complexity index is 1380. The molecular formula is C20H17F2N5O2S.